The molecule has 0 heterocycles. The second-order valence-electron chi connectivity index (χ2n) is 22.0. The number of unbranched alkanes of at least 4 members (excludes halogenated alkanes) is 37. The van der Waals surface area contributed by atoms with Gasteiger partial charge >= 0.3 is 17.9 Å². The molecule has 0 amide bonds. The lowest BCUT2D eigenvalue weighted by atomic mass is 10.0. The maximum Gasteiger partial charge on any atom is 0.306 e. The summed E-state index contributed by atoms with van der Waals surface area (Å²) in [4.78, 5) is 38.3. The molecule has 0 fully saturated rings. The Balaban J connectivity index is 4.18. The molecule has 0 saturated carbocycles. The molecule has 0 aliphatic heterocycles. The standard InChI is InChI=1S/C70H124O6/c1-4-7-10-13-16-19-22-25-27-28-29-30-31-32-33-34-35-36-37-38-39-40-41-42-43-46-48-51-54-57-60-63-69(72)75-66-67(65-74-68(71)62-59-56-53-50-47-44-24-21-18-15-12-9-6-3)76-70(73)64-61-58-55-52-49-45-26-23-20-17-14-11-8-5-2/h7,10,16,19,25,27,29-30,32-33,35-36,67H,4-6,8-9,11-15,17-18,20-24,26,28,31,34,37-66H2,1-3H3/b10-7-,19-16-,27-25-,30-29-,33-32-,36-35-. The minimum atomic E-state index is -0.771. The molecule has 0 N–H and O–H groups in total. The van der Waals surface area contributed by atoms with E-state index in [1.807, 2.05) is 0 Å². The Hall–Kier alpha value is -3.15. The van der Waals surface area contributed by atoms with Crippen molar-refractivity contribution < 1.29 is 28.6 Å². The van der Waals surface area contributed by atoms with Crippen molar-refractivity contribution in [3.8, 4) is 0 Å². The minimum absolute atomic E-state index is 0.0693. The quantitative estimate of drug-likeness (QED) is 0.0261. The molecule has 0 bridgehead atoms. The van der Waals surface area contributed by atoms with E-state index in [9.17, 15) is 14.4 Å². The molecule has 0 aliphatic carbocycles. The van der Waals surface area contributed by atoms with E-state index in [0.29, 0.717) is 19.3 Å². The fourth-order valence-electron chi connectivity index (χ4n) is 9.57. The molecule has 0 saturated heterocycles. The van der Waals surface area contributed by atoms with Crippen LogP contribution >= 0.6 is 0 Å². The monoisotopic (exact) mass is 1060 g/mol. The van der Waals surface area contributed by atoms with Gasteiger partial charge in [0.2, 0.25) is 0 Å². The molecular formula is C70H124O6. The largest absolute Gasteiger partial charge is 0.462 e. The van der Waals surface area contributed by atoms with Gasteiger partial charge in [-0.05, 0) is 70.6 Å². The van der Waals surface area contributed by atoms with Gasteiger partial charge in [0.25, 0.3) is 0 Å². The predicted octanol–water partition coefficient (Wildman–Crippen LogP) is 22.5. The Labute approximate surface area is 472 Å². The molecule has 6 heteroatoms. The molecule has 0 radical (unpaired) electrons. The van der Waals surface area contributed by atoms with E-state index in [-0.39, 0.29) is 31.1 Å². The highest BCUT2D eigenvalue weighted by molar-refractivity contribution is 5.71. The summed E-state index contributed by atoms with van der Waals surface area (Å²) in [7, 11) is 0. The van der Waals surface area contributed by atoms with Crippen LogP contribution in [0.25, 0.3) is 0 Å². The van der Waals surface area contributed by atoms with E-state index >= 15 is 0 Å². The number of esters is 3. The van der Waals surface area contributed by atoms with Crippen LogP contribution in [0.5, 0.6) is 0 Å². The van der Waals surface area contributed by atoms with E-state index < -0.39 is 6.10 Å². The summed E-state index contributed by atoms with van der Waals surface area (Å²) in [6.45, 7) is 6.57. The molecule has 440 valence electrons. The van der Waals surface area contributed by atoms with Crippen molar-refractivity contribution in [2.24, 2.45) is 0 Å². The third-order valence-electron chi connectivity index (χ3n) is 14.5. The summed E-state index contributed by atoms with van der Waals surface area (Å²) in [5.74, 6) is -0.852. The fourth-order valence-corrected chi connectivity index (χ4v) is 9.57. The zero-order chi connectivity index (χ0) is 55.0. The molecule has 0 rings (SSSR count). The van der Waals surface area contributed by atoms with Crippen LogP contribution in [0.2, 0.25) is 0 Å². The summed E-state index contributed by atoms with van der Waals surface area (Å²) in [5.41, 5.74) is 0. The number of allylic oxidation sites excluding steroid dienone is 12. The Bertz CT molecular complexity index is 1400. The van der Waals surface area contributed by atoms with E-state index in [4.69, 9.17) is 14.2 Å². The second-order valence-corrected chi connectivity index (χ2v) is 22.0. The molecule has 0 spiro atoms. The van der Waals surface area contributed by atoms with Crippen molar-refractivity contribution in [3.05, 3.63) is 72.9 Å². The molecule has 0 aromatic rings. The highest BCUT2D eigenvalue weighted by Crippen LogP contribution is 2.17. The SMILES string of the molecule is CC/C=C\C/C=C\C/C=C\C/C=C\C/C=C\C/C=C\CCCCCCCCCCCCCCC(=O)OCC(COC(=O)CCCCCCCCCCCCCCC)OC(=O)CCCCCCCCCCCCCCCC. The van der Waals surface area contributed by atoms with E-state index in [0.717, 1.165) is 96.3 Å². The van der Waals surface area contributed by atoms with Crippen LogP contribution in [0.1, 0.15) is 335 Å². The molecule has 1 atom stereocenters. The average molecular weight is 1060 g/mol. The molecule has 0 aliphatic rings. The first kappa shape index (κ1) is 72.8. The smallest absolute Gasteiger partial charge is 0.306 e. The molecule has 0 aromatic carbocycles. The lowest BCUT2D eigenvalue weighted by Crippen LogP contribution is -2.30. The molecule has 76 heavy (non-hydrogen) atoms. The minimum Gasteiger partial charge on any atom is -0.462 e. The summed E-state index contributed by atoms with van der Waals surface area (Å²) in [6.07, 6.45) is 83.4. The van der Waals surface area contributed by atoms with Gasteiger partial charge in [0.1, 0.15) is 13.2 Å². The first-order chi connectivity index (χ1) is 37.5. The van der Waals surface area contributed by atoms with Gasteiger partial charge in [0.15, 0.2) is 6.10 Å². The average Bonchev–Trinajstić information content (AvgIpc) is 3.42. The van der Waals surface area contributed by atoms with Gasteiger partial charge in [-0.15, -0.1) is 0 Å². The van der Waals surface area contributed by atoms with Gasteiger partial charge in [-0.1, -0.05) is 318 Å². The van der Waals surface area contributed by atoms with Crippen molar-refractivity contribution >= 4 is 17.9 Å². The Morgan fingerprint density at radius 1 is 0.276 bits per heavy atom. The van der Waals surface area contributed by atoms with E-state index in [2.05, 4.69) is 93.7 Å². The topological polar surface area (TPSA) is 78.9 Å². The second kappa shape index (κ2) is 64.4. The number of rotatable bonds is 60. The van der Waals surface area contributed by atoms with E-state index in [1.54, 1.807) is 0 Å². The Morgan fingerprint density at radius 2 is 0.513 bits per heavy atom. The van der Waals surface area contributed by atoms with Gasteiger partial charge in [0, 0.05) is 19.3 Å². The molecular weight excluding hydrogens is 937 g/mol. The lowest BCUT2D eigenvalue weighted by molar-refractivity contribution is -0.167. The number of carbonyl (C=O) groups is 3. The maximum atomic E-state index is 12.9. The summed E-state index contributed by atoms with van der Waals surface area (Å²) < 4.78 is 16.9. The highest BCUT2D eigenvalue weighted by Gasteiger charge is 2.19. The van der Waals surface area contributed by atoms with Gasteiger partial charge in [-0.2, -0.15) is 0 Å². The van der Waals surface area contributed by atoms with Gasteiger partial charge in [-0.3, -0.25) is 14.4 Å². The van der Waals surface area contributed by atoms with Crippen LogP contribution in [-0.4, -0.2) is 37.2 Å². The van der Waals surface area contributed by atoms with Gasteiger partial charge in [-0.25, -0.2) is 0 Å². The first-order valence-corrected chi connectivity index (χ1v) is 32.9. The Morgan fingerprint density at radius 3 is 0.803 bits per heavy atom. The van der Waals surface area contributed by atoms with Gasteiger partial charge < -0.3 is 14.2 Å². The number of hydrogen-bond acceptors (Lipinski definition) is 6. The van der Waals surface area contributed by atoms with Crippen LogP contribution in [0.15, 0.2) is 72.9 Å². The molecule has 0 aromatic heterocycles. The Kier molecular flexibility index (Phi) is 61.7. The van der Waals surface area contributed by atoms with Crippen molar-refractivity contribution in [2.75, 3.05) is 13.2 Å². The summed E-state index contributed by atoms with van der Waals surface area (Å²) in [5, 5.41) is 0. The van der Waals surface area contributed by atoms with Crippen LogP contribution < -0.4 is 0 Å². The number of hydrogen-bond donors (Lipinski definition) is 0. The highest BCUT2D eigenvalue weighted by atomic mass is 16.6. The normalized spacial score (nSPS) is 12.5. The number of carbonyl (C=O) groups excluding carboxylic acids is 3. The van der Waals surface area contributed by atoms with Crippen molar-refractivity contribution in [1.82, 2.24) is 0 Å². The van der Waals surface area contributed by atoms with Crippen molar-refractivity contribution in [1.29, 1.82) is 0 Å². The lowest BCUT2D eigenvalue weighted by Gasteiger charge is -2.18. The zero-order valence-electron chi connectivity index (χ0n) is 50.5. The van der Waals surface area contributed by atoms with Crippen LogP contribution in [0.4, 0.5) is 0 Å². The summed E-state index contributed by atoms with van der Waals surface area (Å²) >= 11 is 0. The third kappa shape index (κ3) is 61.7. The van der Waals surface area contributed by atoms with Crippen LogP contribution in [-0.2, 0) is 28.6 Å². The van der Waals surface area contributed by atoms with Crippen molar-refractivity contribution in [2.45, 2.75) is 341 Å². The van der Waals surface area contributed by atoms with Crippen LogP contribution in [0, 0.1) is 0 Å². The molecule has 6 nitrogen and oxygen atoms in total. The van der Waals surface area contributed by atoms with Crippen LogP contribution in [0.3, 0.4) is 0 Å². The predicted molar refractivity (Wildman–Crippen MR) is 330 cm³/mol. The summed E-state index contributed by atoms with van der Waals surface area (Å²) in [6, 6.07) is 0. The fraction of sp³-hybridized carbons (Fsp3) is 0.786. The number of ether oxygens (including phenoxy) is 3. The first-order valence-electron chi connectivity index (χ1n) is 32.9. The van der Waals surface area contributed by atoms with E-state index in [1.165, 1.54) is 199 Å². The van der Waals surface area contributed by atoms with Crippen molar-refractivity contribution in [3.63, 3.8) is 0 Å². The molecule has 1 unspecified atom stereocenters. The zero-order valence-corrected chi connectivity index (χ0v) is 50.5. The third-order valence-corrected chi connectivity index (χ3v) is 14.5. The van der Waals surface area contributed by atoms with Gasteiger partial charge in [0.05, 0.1) is 0 Å². The maximum absolute atomic E-state index is 12.9.